The summed E-state index contributed by atoms with van der Waals surface area (Å²) in [7, 11) is 0. The first-order valence-corrected chi connectivity index (χ1v) is 6.06. The standard InChI is InChI=1S/C13H16N2O6/c1-13(2,3)21-11(18)5-4-10(17)20-7-8-6-9(16)15-12(19)14-8/h4-6H,7H2,1-3H3,(H2,14,15,16,19). The fourth-order valence-corrected chi connectivity index (χ4v) is 1.27. The minimum atomic E-state index is -0.804. The Labute approximate surface area is 119 Å². The van der Waals surface area contributed by atoms with Crippen molar-refractivity contribution in [2.75, 3.05) is 0 Å². The van der Waals surface area contributed by atoms with E-state index >= 15 is 0 Å². The van der Waals surface area contributed by atoms with Gasteiger partial charge < -0.3 is 14.5 Å². The van der Waals surface area contributed by atoms with Crippen molar-refractivity contribution >= 4 is 11.9 Å². The average Bonchev–Trinajstić information content (AvgIpc) is 2.30. The third-order valence-corrected chi connectivity index (χ3v) is 1.95. The summed E-state index contributed by atoms with van der Waals surface area (Å²) in [6.45, 7) is 4.79. The summed E-state index contributed by atoms with van der Waals surface area (Å²) in [5.74, 6) is -1.48. The van der Waals surface area contributed by atoms with Gasteiger partial charge in [-0.1, -0.05) is 0 Å². The van der Waals surface area contributed by atoms with E-state index in [9.17, 15) is 19.2 Å². The van der Waals surface area contributed by atoms with E-state index in [1.807, 2.05) is 4.98 Å². The van der Waals surface area contributed by atoms with Crippen LogP contribution in [0.25, 0.3) is 0 Å². The first kappa shape index (κ1) is 16.4. The molecule has 0 aromatic carbocycles. The van der Waals surface area contributed by atoms with Crippen LogP contribution in [0.4, 0.5) is 0 Å². The zero-order chi connectivity index (χ0) is 16.0. The Kier molecular flexibility index (Phi) is 5.23. The first-order chi connectivity index (χ1) is 9.65. The molecule has 0 atom stereocenters. The van der Waals surface area contributed by atoms with Crippen molar-refractivity contribution in [1.29, 1.82) is 0 Å². The molecule has 0 bridgehead atoms. The molecule has 0 aliphatic carbocycles. The molecule has 0 fully saturated rings. The van der Waals surface area contributed by atoms with E-state index in [-0.39, 0.29) is 12.3 Å². The molecule has 0 saturated carbocycles. The van der Waals surface area contributed by atoms with E-state index in [1.54, 1.807) is 20.8 Å². The predicted octanol–water partition coefficient (Wildman–Crippen LogP) is 0.00430. The third-order valence-electron chi connectivity index (χ3n) is 1.95. The number of carbonyl (C=O) groups is 2. The molecule has 0 saturated heterocycles. The number of ether oxygens (including phenoxy) is 2. The maximum atomic E-state index is 11.4. The van der Waals surface area contributed by atoms with E-state index in [0.717, 1.165) is 18.2 Å². The van der Waals surface area contributed by atoms with Crippen LogP contribution < -0.4 is 11.2 Å². The quantitative estimate of drug-likeness (QED) is 0.596. The molecular weight excluding hydrogens is 280 g/mol. The summed E-state index contributed by atoms with van der Waals surface area (Å²) in [6.07, 6.45) is 1.84. The van der Waals surface area contributed by atoms with E-state index in [0.29, 0.717) is 0 Å². The lowest BCUT2D eigenvalue weighted by Crippen LogP contribution is -2.23. The molecule has 8 nitrogen and oxygen atoms in total. The molecule has 21 heavy (non-hydrogen) atoms. The van der Waals surface area contributed by atoms with E-state index in [2.05, 4.69) is 4.98 Å². The normalized spacial score (nSPS) is 11.4. The molecule has 0 spiro atoms. The molecule has 0 radical (unpaired) electrons. The van der Waals surface area contributed by atoms with Crippen LogP contribution >= 0.6 is 0 Å². The lowest BCUT2D eigenvalue weighted by molar-refractivity contribution is -0.149. The summed E-state index contributed by atoms with van der Waals surface area (Å²) >= 11 is 0. The molecule has 0 aliphatic heterocycles. The number of hydrogen-bond donors (Lipinski definition) is 2. The maximum Gasteiger partial charge on any atom is 0.331 e. The van der Waals surface area contributed by atoms with E-state index in [4.69, 9.17) is 9.47 Å². The number of aromatic amines is 2. The molecule has 0 unspecified atom stereocenters. The van der Waals surface area contributed by atoms with Crippen LogP contribution in [-0.2, 0) is 25.7 Å². The Bertz CT molecular complexity index is 634. The van der Waals surface area contributed by atoms with Gasteiger partial charge in [0.2, 0.25) is 0 Å². The van der Waals surface area contributed by atoms with Gasteiger partial charge in [0.1, 0.15) is 12.2 Å². The number of H-pyrrole nitrogens is 2. The van der Waals surface area contributed by atoms with Gasteiger partial charge in [-0.3, -0.25) is 9.78 Å². The Hall–Kier alpha value is -2.64. The monoisotopic (exact) mass is 296 g/mol. The number of hydrogen-bond acceptors (Lipinski definition) is 6. The minimum absolute atomic E-state index is 0.141. The summed E-state index contributed by atoms with van der Waals surface area (Å²) in [5, 5.41) is 0. The van der Waals surface area contributed by atoms with Crippen LogP contribution in [0.1, 0.15) is 26.5 Å². The van der Waals surface area contributed by atoms with Crippen molar-refractivity contribution in [3.05, 3.63) is 44.8 Å². The van der Waals surface area contributed by atoms with Gasteiger partial charge in [0.15, 0.2) is 0 Å². The van der Waals surface area contributed by atoms with Gasteiger partial charge in [-0.05, 0) is 20.8 Å². The fraction of sp³-hybridized carbons (Fsp3) is 0.385. The van der Waals surface area contributed by atoms with Crippen molar-refractivity contribution in [3.63, 3.8) is 0 Å². The van der Waals surface area contributed by atoms with Gasteiger partial charge >= 0.3 is 17.6 Å². The van der Waals surface area contributed by atoms with Crippen LogP contribution in [0.15, 0.2) is 27.8 Å². The highest BCUT2D eigenvalue weighted by molar-refractivity contribution is 5.91. The Morgan fingerprint density at radius 3 is 2.33 bits per heavy atom. The van der Waals surface area contributed by atoms with E-state index < -0.39 is 28.8 Å². The molecule has 2 N–H and O–H groups in total. The Balaban J connectivity index is 2.53. The van der Waals surface area contributed by atoms with Crippen LogP contribution in [0.2, 0.25) is 0 Å². The Morgan fingerprint density at radius 2 is 1.76 bits per heavy atom. The van der Waals surface area contributed by atoms with Crippen LogP contribution in [0.5, 0.6) is 0 Å². The number of aromatic nitrogens is 2. The summed E-state index contributed by atoms with van der Waals surface area (Å²) in [6, 6.07) is 1.09. The molecule has 1 heterocycles. The average molecular weight is 296 g/mol. The maximum absolute atomic E-state index is 11.4. The highest BCUT2D eigenvalue weighted by Gasteiger charge is 2.14. The van der Waals surface area contributed by atoms with Gasteiger partial charge in [0.05, 0.1) is 5.69 Å². The largest absolute Gasteiger partial charge is 0.457 e. The molecule has 1 aromatic rings. The Morgan fingerprint density at radius 1 is 1.14 bits per heavy atom. The SMILES string of the molecule is CC(C)(C)OC(=O)C=CC(=O)OCc1cc(=O)[nH]c(=O)[nH]1. The summed E-state index contributed by atoms with van der Waals surface area (Å²) in [5.41, 5.74) is -1.81. The van der Waals surface area contributed by atoms with Crippen molar-refractivity contribution in [3.8, 4) is 0 Å². The van der Waals surface area contributed by atoms with Crippen molar-refractivity contribution < 1.29 is 19.1 Å². The second kappa shape index (κ2) is 6.69. The molecule has 0 aliphatic rings. The highest BCUT2D eigenvalue weighted by atomic mass is 16.6. The molecule has 0 amide bonds. The number of esters is 2. The van der Waals surface area contributed by atoms with Gasteiger partial charge in [-0.25, -0.2) is 14.4 Å². The van der Waals surface area contributed by atoms with Crippen LogP contribution in [0.3, 0.4) is 0 Å². The fourth-order valence-electron chi connectivity index (χ4n) is 1.27. The molecule has 8 heteroatoms. The highest BCUT2D eigenvalue weighted by Crippen LogP contribution is 2.07. The van der Waals surface area contributed by atoms with Crippen molar-refractivity contribution in [1.82, 2.24) is 9.97 Å². The smallest absolute Gasteiger partial charge is 0.331 e. The molecule has 1 rings (SSSR count). The van der Waals surface area contributed by atoms with Crippen LogP contribution in [-0.4, -0.2) is 27.5 Å². The van der Waals surface area contributed by atoms with Gasteiger partial charge in [-0.2, -0.15) is 0 Å². The number of rotatable bonds is 4. The molecule has 114 valence electrons. The van der Waals surface area contributed by atoms with Gasteiger partial charge in [0.25, 0.3) is 5.56 Å². The predicted molar refractivity (Wildman–Crippen MR) is 72.5 cm³/mol. The van der Waals surface area contributed by atoms with E-state index in [1.165, 1.54) is 0 Å². The third kappa shape index (κ3) is 6.90. The first-order valence-electron chi connectivity index (χ1n) is 6.06. The summed E-state index contributed by atoms with van der Waals surface area (Å²) < 4.78 is 9.72. The number of carbonyl (C=O) groups excluding carboxylic acids is 2. The van der Waals surface area contributed by atoms with Crippen molar-refractivity contribution in [2.24, 2.45) is 0 Å². The molecule has 1 aromatic heterocycles. The lowest BCUT2D eigenvalue weighted by atomic mass is 10.2. The zero-order valence-electron chi connectivity index (χ0n) is 11.9. The van der Waals surface area contributed by atoms with Gasteiger partial charge in [-0.15, -0.1) is 0 Å². The van der Waals surface area contributed by atoms with Crippen molar-refractivity contribution in [2.45, 2.75) is 33.0 Å². The second-order valence-electron chi connectivity index (χ2n) is 5.09. The number of nitrogens with one attached hydrogen (secondary N) is 2. The minimum Gasteiger partial charge on any atom is -0.457 e. The van der Waals surface area contributed by atoms with Gasteiger partial charge in [0, 0.05) is 18.2 Å². The van der Waals surface area contributed by atoms with Crippen LogP contribution in [0, 0.1) is 0 Å². The topological polar surface area (TPSA) is 118 Å². The lowest BCUT2D eigenvalue weighted by Gasteiger charge is -2.17. The summed E-state index contributed by atoms with van der Waals surface area (Å²) in [4.78, 5) is 48.9. The zero-order valence-corrected chi connectivity index (χ0v) is 11.9. The second-order valence-corrected chi connectivity index (χ2v) is 5.09. The molecular formula is C13H16N2O6.